The second kappa shape index (κ2) is 8.61. The topological polar surface area (TPSA) is 118 Å². The molecule has 184 valence electrons. The predicted molar refractivity (Wildman–Crippen MR) is 133 cm³/mol. The van der Waals surface area contributed by atoms with Crippen molar-refractivity contribution in [2.24, 2.45) is 15.8 Å². The number of fused-ring (bicyclic) bond motifs is 1. The lowest BCUT2D eigenvalue weighted by atomic mass is 10.1. The number of ether oxygens (including phenoxy) is 1. The molecule has 1 saturated carbocycles. The van der Waals surface area contributed by atoms with E-state index in [1.807, 2.05) is 9.47 Å². The van der Waals surface area contributed by atoms with Crippen LogP contribution in [0, 0.1) is 5.82 Å². The lowest BCUT2D eigenvalue weighted by Gasteiger charge is -2.30. The fraction of sp³-hybridized carbons (Fsp3) is 0.478. The standard InChI is InChI=1S/C23H26FN7O3S/c1-12(32)31-22(19-10-27-23(25)35-19)34-21(28-31)15-11-30(13-2-3-13)17-9-18(29-6-4-26-5-7-29)16(24)8-14(17)20(15)33/h8-11,13,19,22-23,26H,2-7,25H2,1H3. The van der Waals surface area contributed by atoms with Gasteiger partial charge in [-0.3, -0.25) is 14.6 Å². The number of benzene rings is 1. The highest BCUT2D eigenvalue weighted by atomic mass is 32.2. The summed E-state index contributed by atoms with van der Waals surface area (Å²) in [5, 5.41) is 8.80. The van der Waals surface area contributed by atoms with Crippen LogP contribution in [0.15, 0.2) is 33.2 Å². The first-order valence-corrected chi connectivity index (χ1v) is 12.7. The molecule has 10 nitrogen and oxygen atoms in total. The molecule has 2 aromatic rings. The van der Waals surface area contributed by atoms with E-state index in [9.17, 15) is 9.59 Å². The number of carbonyl (C=O) groups excluding carboxylic acids is 1. The van der Waals surface area contributed by atoms with Crippen molar-refractivity contribution in [3.63, 3.8) is 0 Å². The SMILES string of the molecule is CC(=O)N1N=C(c2cn(C3CC3)c3cc(N4CCNCC4)c(F)cc3c2=O)OC1C1C=NC(N)S1. The maximum absolute atomic E-state index is 15.3. The van der Waals surface area contributed by atoms with Gasteiger partial charge in [0.2, 0.25) is 23.5 Å². The molecule has 1 aliphatic carbocycles. The van der Waals surface area contributed by atoms with Gasteiger partial charge in [0.1, 0.15) is 22.1 Å². The van der Waals surface area contributed by atoms with Crippen molar-refractivity contribution in [1.29, 1.82) is 0 Å². The number of aromatic nitrogens is 1. The molecule has 2 fully saturated rings. The molecule has 1 aromatic heterocycles. The number of carbonyl (C=O) groups is 1. The van der Waals surface area contributed by atoms with Gasteiger partial charge in [-0.25, -0.2) is 4.39 Å². The summed E-state index contributed by atoms with van der Waals surface area (Å²) < 4.78 is 23.3. The van der Waals surface area contributed by atoms with E-state index in [0.29, 0.717) is 24.3 Å². The average molecular weight is 500 g/mol. The van der Waals surface area contributed by atoms with Crippen LogP contribution in [-0.2, 0) is 9.53 Å². The molecule has 4 aliphatic rings. The van der Waals surface area contributed by atoms with Crippen LogP contribution in [0.1, 0.15) is 31.4 Å². The first-order valence-electron chi connectivity index (χ1n) is 11.7. The van der Waals surface area contributed by atoms with E-state index >= 15 is 4.39 Å². The quantitative estimate of drug-likeness (QED) is 0.649. The van der Waals surface area contributed by atoms with E-state index in [0.717, 1.165) is 25.9 Å². The molecule has 3 aliphatic heterocycles. The Bertz CT molecular complexity index is 1320. The zero-order valence-electron chi connectivity index (χ0n) is 19.2. The van der Waals surface area contributed by atoms with Gasteiger partial charge in [0.25, 0.3) is 0 Å². The Kier molecular flexibility index (Phi) is 5.53. The van der Waals surface area contributed by atoms with E-state index in [2.05, 4.69) is 15.4 Å². The number of piperazine rings is 1. The number of thioether (sulfide) groups is 1. The minimum absolute atomic E-state index is 0.0487. The van der Waals surface area contributed by atoms with Gasteiger partial charge in [-0.05, 0) is 25.0 Å². The number of hydrazone groups is 1. The number of hydrogen-bond acceptors (Lipinski definition) is 9. The molecule has 1 amide bonds. The zero-order chi connectivity index (χ0) is 24.3. The third-order valence-corrected chi connectivity index (χ3v) is 7.75. The molecular formula is C23H26FN7O3S. The van der Waals surface area contributed by atoms with Gasteiger partial charge in [-0.15, -0.1) is 16.9 Å². The number of aliphatic imine (C=N–C) groups is 1. The number of nitrogens with two attached hydrogens (primary N) is 1. The van der Waals surface area contributed by atoms with Crippen molar-refractivity contribution < 1.29 is 13.9 Å². The molecule has 3 atom stereocenters. The second-order valence-corrected chi connectivity index (χ2v) is 10.4. The first kappa shape index (κ1) is 22.5. The number of pyridine rings is 1. The molecule has 0 spiro atoms. The molecular weight excluding hydrogens is 473 g/mol. The third-order valence-electron chi connectivity index (χ3n) is 6.68. The Morgan fingerprint density at radius 3 is 2.71 bits per heavy atom. The molecule has 0 bridgehead atoms. The molecule has 3 unspecified atom stereocenters. The van der Waals surface area contributed by atoms with E-state index in [1.54, 1.807) is 18.5 Å². The number of halogens is 1. The monoisotopic (exact) mass is 499 g/mol. The first-order chi connectivity index (χ1) is 16.9. The van der Waals surface area contributed by atoms with Crippen LogP contribution in [0.5, 0.6) is 0 Å². The molecule has 1 saturated heterocycles. The van der Waals surface area contributed by atoms with E-state index in [1.165, 1.54) is 29.8 Å². The van der Waals surface area contributed by atoms with E-state index in [-0.39, 0.29) is 39.5 Å². The summed E-state index contributed by atoms with van der Waals surface area (Å²) in [5.41, 5.74) is 6.44. The van der Waals surface area contributed by atoms with Crippen LogP contribution >= 0.6 is 11.8 Å². The molecule has 12 heteroatoms. The molecule has 0 radical (unpaired) electrons. The highest BCUT2D eigenvalue weighted by Crippen LogP contribution is 2.39. The maximum atomic E-state index is 15.3. The number of amides is 1. The van der Waals surface area contributed by atoms with Crippen LogP contribution in [0.2, 0.25) is 0 Å². The van der Waals surface area contributed by atoms with Gasteiger partial charge in [0.05, 0.1) is 11.2 Å². The maximum Gasteiger partial charge on any atom is 0.246 e. The van der Waals surface area contributed by atoms with Crippen LogP contribution in [0.25, 0.3) is 10.9 Å². The number of anilines is 1. The van der Waals surface area contributed by atoms with Gasteiger partial charge in [0.15, 0.2) is 0 Å². The predicted octanol–water partition coefficient (Wildman–Crippen LogP) is 1.18. The Morgan fingerprint density at radius 1 is 1.29 bits per heavy atom. The zero-order valence-corrected chi connectivity index (χ0v) is 20.0. The summed E-state index contributed by atoms with van der Waals surface area (Å²) >= 11 is 1.34. The summed E-state index contributed by atoms with van der Waals surface area (Å²) in [6, 6.07) is 3.33. The van der Waals surface area contributed by atoms with Crippen molar-refractivity contribution in [3.8, 4) is 0 Å². The Labute approximate surface area is 205 Å². The highest BCUT2D eigenvalue weighted by Gasteiger charge is 2.41. The van der Waals surface area contributed by atoms with Crippen LogP contribution < -0.4 is 21.4 Å². The largest absolute Gasteiger partial charge is 0.448 e. The summed E-state index contributed by atoms with van der Waals surface area (Å²) in [4.78, 5) is 32.0. The number of rotatable bonds is 4. The lowest BCUT2D eigenvalue weighted by Crippen LogP contribution is -2.43. The Balaban J connectivity index is 1.44. The lowest BCUT2D eigenvalue weighted by molar-refractivity contribution is -0.134. The molecule has 35 heavy (non-hydrogen) atoms. The Hall–Kier alpha value is -2.96. The second-order valence-electron chi connectivity index (χ2n) is 9.13. The minimum Gasteiger partial charge on any atom is -0.448 e. The van der Waals surface area contributed by atoms with Crippen molar-refractivity contribution in [1.82, 2.24) is 14.9 Å². The Morgan fingerprint density at radius 2 is 2.06 bits per heavy atom. The van der Waals surface area contributed by atoms with Crippen molar-refractivity contribution in [2.75, 3.05) is 31.1 Å². The fourth-order valence-corrected chi connectivity index (χ4v) is 5.68. The summed E-state index contributed by atoms with van der Waals surface area (Å²) in [6.45, 7) is 4.35. The summed E-state index contributed by atoms with van der Waals surface area (Å²) in [5.74, 6) is -0.705. The van der Waals surface area contributed by atoms with E-state index < -0.39 is 17.5 Å². The average Bonchev–Trinajstić information content (AvgIpc) is 3.44. The van der Waals surface area contributed by atoms with Crippen LogP contribution in [-0.4, -0.2) is 70.8 Å². The van der Waals surface area contributed by atoms with Crippen LogP contribution in [0.4, 0.5) is 10.1 Å². The number of hydrogen-bond donors (Lipinski definition) is 2. The van der Waals surface area contributed by atoms with Crippen LogP contribution in [0.3, 0.4) is 0 Å². The summed E-state index contributed by atoms with van der Waals surface area (Å²) in [7, 11) is 0. The molecule has 4 heterocycles. The van der Waals surface area contributed by atoms with Crippen molar-refractivity contribution in [3.05, 3.63) is 39.9 Å². The van der Waals surface area contributed by atoms with Crippen molar-refractivity contribution in [2.45, 2.75) is 42.8 Å². The van der Waals surface area contributed by atoms with Gasteiger partial charge in [-0.1, -0.05) is 0 Å². The fourth-order valence-electron chi connectivity index (χ4n) is 4.77. The normalized spacial score (nSPS) is 26.4. The highest BCUT2D eigenvalue weighted by molar-refractivity contribution is 8.01. The smallest absolute Gasteiger partial charge is 0.246 e. The van der Waals surface area contributed by atoms with Gasteiger partial charge in [0, 0.05) is 56.9 Å². The van der Waals surface area contributed by atoms with Gasteiger partial charge >= 0.3 is 0 Å². The number of nitrogens with zero attached hydrogens (tertiary/aromatic N) is 5. The molecule has 1 aromatic carbocycles. The third kappa shape index (κ3) is 3.99. The number of nitrogens with one attached hydrogen (secondary N) is 1. The van der Waals surface area contributed by atoms with E-state index in [4.69, 9.17) is 10.5 Å². The molecule has 6 rings (SSSR count). The summed E-state index contributed by atoms with van der Waals surface area (Å²) in [6.07, 6.45) is 4.56. The van der Waals surface area contributed by atoms with Gasteiger partial charge in [-0.2, -0.15) is 5.01 Å². The van der Waals surface area contributed by atoms with Crippen molar-refractivity contribution >= 4 is 46.4 Å². The molecule has 3 N–H and O–H groups in total. The van der Waals surface area contributed by atoms with Gasteiger partial charge < -0.3 is 25.3 Å². The minimum atomic E-state index is -0.763.